The maximum absolute atomic E-state index is 11.1. The third-order valence-electron chi connectivity index (χ3n) is 1.71. The molecular weight excluding hydrogens is 166 g/mol. The molecule has 0 saturated carbocycles. The van der Waals surface area contributed by atoms with Gasteiger partial charge in [0.15, 0.2) is 12.0 Å². The molecule has 0 spiro atoms. The predicted octanol–water partition coefficient (Wildman–Crippen LogP) is 0.958. The normalized spacial score (nSPS) is 12.5. The van der Waals surface area contributed by atoms with Gasteiger partial charge in [-0.15, -0.1) is 13.2 Å². The second-order valence-corrected chi connectivity index (χ2v) is 2.72. The predicted molar refractivity (Wildman–Crippen MR) is 53.3 cm³/mol. The van der Waals surface area contributed by atoms with Crippen LogP contribution in [0.15, 0.2) is 25.3 Å². The quantitative estimate of drug-likeness (QED) is 0.472. The lowest BCUT2D eigenvalue weighted by molar-refractivity contribution is -0.135. The molecule has 0 aromatic carbocycles. The van der Waals surface area contributed by atoms with Crippen LogP contribution in [0, 0.1) is 0 Å². The Labute approximate surface area is 79.4 Å². The molecule has 74 valence electrons. The molecule has 0 aliphatic rings. The minimum absolute atomic E-state index is 0.177. The second kappa shape index (κ2) is 6.57. The highest BCUT2D eigenvalue weighted by Crippen LogP contribution is 2.00. The van der Waals surface area contributed by atoms with Gasteiger partial charge >= 0.3 is 0 Å². The molecule has 3 nitrogen and oxygen atoms in total. The lowest BCUT2D eigenvalue weighted by atomic mass is 10.2. The number of aliphatic hydroxyl groups excluding tert-OH is 1. The maximum atomic E-state index is 11.1. The molecule has 1 atom stereocenters. The zero-order valence-corrected chi connectivity index (χ0v) is 8.07. The van der Waals surface area contributed by atoms with Gasteiger partial charge in [-0.3, -0.25) is 9.69 Å². The van der Waals surface area contributed by atoms with Crippen LogP contribution in [0.2, 0.25) is 0 Å². The molecule has 3 heteroatoms. The van der Waals surface area contributed by atoms with Crippen molar-refractivity contribution in [2.45, 2.75) is 19.6 Å². The van der Waals surface area contributed by atoms with Gasteiger partial charge in [0, 0.05) is 19.5 Å². The van der Waals surface area contributed by atoms with Crippen molar-refractivity contribution in [2.75, 3.05) is 13.1 Å². The molecule has 13 heavy (non-hydrogen) atoms. The van der Waals surface area contributed by atoms with E-state index in [1.807, 2.05) is 0 Å². The van der Waals surface area contributed by atoms with Gasteiger partial charge in [-0.2, -0.15) is 0 Å². The number of nitrogens with zero attached hydrogens (tertiary/aromatic N) is 1. The molecule has 1 unspecified atom stereocenters. The number of hydrogen-bond donors (Lipinski definition) is 1. The summed E-state index contributed by atoms with van der Waals surface area (Å²) in [5, 5.41) is 9.52. The lowest BCUT2D eigenvalue weighted by Gasteiger charge is -2.23. The van der Waals surface area contributed by atoms with E-state index in [0.29, 0.717) is 19.5 Å². The monoisotopic (exact) mass is 183 g/mol. The molecule has 0 aromatic rings. The zero-order chi connectivity index (χ0) is 10.3. The Kier molecular flexibility index (Phi) is 6.10. The average Bonchev–Trinajstić information content (AvgIpc) is 2.15. The van der Waals surface area contributed by atoms with Gasteiger partial charge in [0.25, 0.3) is 0 Å². The smallest absolute Gasteiger partial charge is 0.176 e. The van der Waals surface area contributed by atoms with Crippen molar-refractivity contribution >= 4 is 5.78 Å². The van der Waals surface area contributed by atoms with Crippen LogP contribution in [0.3, 0.4) is 0 Å². The highest BCUT2D eigenvalue weighted by atomic mass is 16.3. The zero-order valence-electron chi connectivity index (χ0n) is 8.07. The number of aliphatic hydroxyl groups is 1. The van der Waals surface area contributed by atoms with Gasteiger partial charge in [0.2, 0.25) is 0 Å². The second-order valence-electron chi connectivity index (χ2n) is 2.72. The van der Waals surface area contributed by atoms with Crippen molar-refractivity contribution in [3.63, 3.8) is 0 Å². The van der Waals surface area contributed by atoms with E-state index in [4.69, 9.17) is 0 Å². The summed E-state index contributed by atoms with van der Waals surface area (Å²) in [6.07, 6.45) is 2.61. The average molecular weight is 183 g/mol. The minimum Gasteiger partial charge on any atom is -0.371 e. The molecule has 0 radical (unpaired) electrons. The van der Waals surface area contributed by atoms with E-state index in [1.165, 1.54) is 0 Å². The van der Waals surface area contributed by atoms with Crippen molar-refractivity contribution in [1.29, 1.82) is 0 Å². The highest BCUT2D eigenvalue weighted by molar-refractivity contribution is 5.82. The molecule has 0 bridgehead atoms. The summed E-state index contributed by atoms with van der Waals surface area (Å²) in [4.78, 5) is 12.7. The van der Waals surface area contributed by atoms with Crippen molar-refractivity contribution in [3.8, 4) is 0 Å². The molecule has 0 amide bonds. The Hall–Kier alpha value is -0.930. The number of ketones is 1. The fourth-order valence-corrected chi connectivity index (χ4v) is 0.992. The van der Waals surface area contributed by atoms with Crippen molar-refractivity contribution in [1.82, 2.24) is 4.90 Å². The van der Waals surface area contributed by atoms with E-state index < -0.39 is 6.23 Å². The third-order valence-corrected chi connectivity index (χ3v) is 1.71. The van der Waals surface area contributed by atoms with Crippen LogP contribution in [0.25, 0.3) is 0 Å². The van der Waals surface area contributed by atoms with Gasteiger partial charge in [-0.05, 0) is 0 Å². The molecule has 0 saturated heterocycles. The molecular formula is C10H17NO2. The third kappa shape index (κ3) is 4.01. The first-order valence-corrected chi connectivity index (χ1v) is 4.34. The molecule has 0 aliphatic heterocycles. The lowest BCUT2D eigenvalue weighted by Crippen LogP contribution is -2.41. The minimum atomic E-state index is -1.03. The largest absolute Gasteiger partial charge is 0.371 e. The van der Waals surface area contributed by atoms with E-state index in [1.54, 1.807) is 24.0 Å². The number of carbonyl (C=O) groups is 1. The summed E-state index contributed by atoms with van der Waals surface area (Å²) in [6, 6.07) is 0. The number of carbonyl (C=O) groups excluding carboxylic acids is 1. The molecule has 1 N–H and O–H groups in total. The SMILES string of the molecule is C=CCN(CC=C)C(O)C(=O)CC. The Morgan fingerprint density at radius 3 is 2.23 bits per heavy atom. The van der Waals surface area contributed by atoms with Gasteiger partial charge < -0.3 is 5.11 Å². The summed E-state index contributed by atoms with van der Waals surface area (Å²) in [5.41, 5.74) is 0. The van der Waals surface area contributed by atoms with Crippen LogP contribution < -0.4 is 0 Å². The van der Waals surface area contributed by atoms with Crippen LogP contribution >= 0.6 is 0 Å². The van der Waals surface area contributed by atoms with Crippen LogP contribution in [0.5, 0.6) is 0 Å². The Morgan fingerprint density at radius 2 is 1.92 bits per heavy atom. The first kappa shape index (κ1) is 12.1. The van der Waals surface area contributed by atoms with Crippen molar-refractivity contribution < 1.29 is 9.90 Å². The number of Topliss-reactive ketones (excluding diaryl/α,β-unsaturated/α-hetero) is 1. The standard InChI is InChI=1S/C10H17NO2/c1-4-7-11(8-5-2)10(13)9(12)6-3/h4-5,10,13H,1-2,6-8H2,3H3. The Balaban J connectivity index is 4.24. The van der Waals surface area contributed by atoms with Crippen molar-refractivity contribution in [3.05, 3.63) is 25.3 Å². The Bertz CT molecular complexity index is 179. The van der Waals surface area contributed by atoms with E-state index in [0.717, 1.165) is 0 Å². The maximum Gasteiger partial charge on any atom is 0.176 e. The summed E-state index contributed by atoms with van der Waals surface area (Å²) >= 11 is 0. The van der Waals surface area contributed by atoms with E-state index >= 15 is 0 Å². The van der Waals surface area contributed by atoms with E-state index in [2.05, 4.69) is 13.2 Å². The van der Waals surface area contributed by atoms with Crippen LogP contribution in [-0.2, 0) is 4.79 Å². The first-order valence-electron chi connectivity index (χ1n) is 4.34. The number of rotatable bonds is 7. The molecule has 0 rings (SSSR count). The van der Waals surface area contributed by atoms with Crippen LogP contribution in [0.4, 0.5) is 0 Å². The first-order chi connectivity index (χ1) is 6.17. The summed E-state index contributed by atoms with van der Waals surface area (Å²) in [5.74, 6) is -0.177. The fourth-order valence-electron chi connectivity index (χ4n) is 0.992. The van der Waals surface area contributed by atoms with Crippen molar-refractivity contribution in [2.24, 2.45) is 0 Å². The molecule has 0 fully saturated rings. The molecule has 0 heterocycles. The summed E-state index contributed by atoms with van der Waals surface area (Å²) < 4.78 is 0. The topological polar surface area (TPSA) is 40.5 Å². The van der Waals surface area contributed by atoms with Crippen LogP contribution in [0.1, 0.15) is 13.3 Å². The highest BCUT2D eigenvalue weighted by Gasteiger charge is 2.19. The van der Waals surface area contributed by atoms with E-state index in [-0.39, 0.29) is 5.78 Å². The van der Waals surface area contributed by atoms with E-state index in [9.17, 15) is 9.90 Å². The summed E-state index contributed by atoms with van der Waals surface area (Å²) in [7, 11) is 0. The molecule has 0 aromatic heterocycles. The van der Waals surface area contributed by atoms with Gasteiger partial charge in [0.05, 0.1) is 0 Å². The van der Waals surface area contributed by atoms with Gasteiger partial charge in [-0.25, -0.2) is 0 Å². The fraction of sp³-hybridized carbons (Fsp3) is 0.500. The summed E-state index contributed by atoms with van der Waals surface area (Å²) in [6.45, 7) is 9.80. The van der Waals surface area contributed by atoms with Crippen LogP contribution in [-0.4, -0.2) is 35.1 Å². The Morgan fingerprint density at radius 1 is 1.46 bits per heavy atom. The number of hydrogen-bond acceptors (Lipinski definition) is 3. The van der Waals surface area contributed by atoms with Gasteiger partial charge in [-0.1, -0.05) is 19.1 Å². The molecule has 0 aliphatic carbocycles. The van der Waals surface area contributed by atoms with Gasteiger partial charge in [0.1, 0.15) is 0 Å².